The van der Waals surface area contributed by atoms with Crippen molar-refractivity contribution in [3.05, 3.63) is 122 Å². The van der Waals surface area contributed by atoms with Crippen molar-refractivity contribution in [1.29, 1.82) is 5.26 Å². The average Bonchev–Trinajstić information content (AvgIpc) is 3.58. The lowest BCUT2D eigenvalue weighted by Crippen LogP contribution is -2.35. The molecular weight excluding hydrogens is 626 g/mol. The fraction of sp³-hybridized carbons (Fsp3) is 0.243. The third kappa shape index (κ3) is 7.49. The Labute approximate surface area is 282 Å². The molecule has 0 saturated carbocycles. The molecule has 0 atom stereocenters. The van der Waals surface area contributed by atoms with Crippen molar-refractivity contribution in [3.8, 4) is 40.1 Å². The van der Waals surface area contributed by atoms with E-state index in [4.69, 9.17) is 18.6 Å². The van der Waals surface area contributed by atoms with Gasteiger partial charge in [0.2, 0.25) is 17.5 Å². The van der Waals surface area contributed by atoms with E-state index >= 15 is 0 Å². The lowest BCUT2D eigenvalue weighted by atomic mass is 9.91. The first-order chi connectivity index (χ1) is 23.8. The number of carbonyl (C=O) groups excluding carboxylic acids is 1. The van der Waals surface area contributed by atoms with E-state index < -0.39 is 4.92 Å². The molecule has 5 aromatic rings. The number of hydrogen-bond donors (Lipinski definition) is 0. The van der Waals surface area contributed by atoms with Gasteiger partial charge in [-0.1, -0.05) is 42.5 Å². The Morgan fingerprint density at radius 3 is 2.39 bits per heavy atom. The summed E-state index contributed by atoms with van der Waals surface area (Å²) in [5.41, 5.74) is 6.31. The minimum atomic E-state index is -0.593. The number of aldehydes is 1. The van der Waals surface area contributed by atoms with Crippen LogP contribution >= 0.6 is 0 Å². The van der Waals surface area contributed by atoms with Gasteiger partial charge in [-0.2, -0.15) is 5.26 Å². The van der Waals surface area contributed by atoms with Gasteiger partial charge in [0, 0.05) is 30.8 Å². The Balaban J connectivity index is 1.23. The van der Waals surface area contributed by atoms with Crippen LogP contribution in [0.1, 0.15) is 44.1 Å². The number of nitro groups is 1. The number of hydrogen-bond acceptors (Lipinski definition) is 11. The van der Waals surface area contributed by atoms with E-state index in [9.17, 15) is 20.2 Å². The summed E-state index contributed by atoms with van der Waals surface area (Å²) in [5, 5.41) is 29.8. The van der Waals surface area contributed by atoms with Crippen LogP contribution in [-0.4, -0.2) is 52.6 Å². The molecule has 12 heteroatoms. The highest BCUT2D eigenvalue weighted by molar-refractivity contribution is 5.82. The molecule has 0 unspecified atom stereocenters. The molecule has 0 spiro atoms. The molecule has 12 nitrogen and oxygen atoms in total. The maximum Gasteiger partial charge on any atom is 0.311 e. The van der Waals surface area contributed by atoms with Gasteiger partial charge in [-0.3, -0.25) is 19.8 Å². The minimum absolute atomic E-state index is 0.0125. The van der Waals surface area contributed by atoms with Crippen molar-refractivity contribution in [2.45, 2.75) is 33.6 Å². The smallest absolute Gasteiger partial charge is 0.311 e. The molecule has 0 bridgehead atoms. The van der Waals surface area contributed by atoms with E-state index in [1.807, 2.05) is 50.2 Å². The average molecular weight is 660 g/mol. The Morgan fingerprint density at radius 1 is 0.918 bits per heavy atom. The van der Waals surface area contributed by atoms with Gasteiger partial charge in [0.25, 0.3) is 0 Å². The van der Waals surface area contributed by atoms with Crippen molar-refractivity contribution in [2.24, 2.45) is 0 Å². The van der Waals surface area contributed by atoms with Crippen LogP contribution in [0.3, 0.4) is 0 Å². The van der Waals surface area contributed by atoms with Crippen LogP contribution in [0.15, 0.2) is 77.2 Å². The second-order valence-corrected chi connectivity index (χ2v) is 11.6. The second-order valence-electron chi connectivity index (χ2n) is 11.6. The summed E-state index contributed by atoms with van der Waals surface area (Å²) in [6.45, 7) is 7.62. The van der Waals surface area contributed by atoms with Crippen LogP contribution in [-0.2, 0) is 24.5 Å². The van der Waals surface area contributed by atoms with Crippen LogP contribution < -0.4 is 9.47 Å². The molecular formula is C37H33N5O7. The monoisotopic (exact) mass is 659 g/mol. The molecule has 1 aromatic heterocycles. The van der Waals surface area contributed by atoms with E-state index in [2.05, 4.69) is 21.2 Å². The first-order valence-corrected chi connectivity index (χ1v) is 15.7. The maximum absolute atomic E-state index is 12.0. The third-order valence-electron chi connectivity index (χ3n) is 8.48. The highest BCUT2D eigenvalue weighted by Gasteiger charge is 2.22. The number of rotatable bonds is 12. The first kappa shape index (κ1) is 33.0. The van der Waals surface area contributed by atoms with Gasteiger partial charge in [0.1, 0.15) is 19.0 Å². The third-order valence-corrected chi connectivity index (χ3v) is 8.48. The highest BCUT2D eigenvalue weighted by atomic mass is 16.6. The molecule has 1 aliphatic rings. The molecule has 248 valence electrons. The van der Waals surface area contributed by atoms with Crippen LogP contribution in [0.2, 0.25) is 0 Å². The number of morpholine rings is 1. The summed E-state index contributed by atoms with van der Waals surface area (Å²) < 4.78 is 23.4. The highest BCUT2D eigenvalue weighted by Crippen LogP contribution is 2.37. The fourth-order valence-electron chi connectivity index (χ4n) is 5.76. The van der Waals surface area contributed by atoms with E-state index in [1.165, 1.54) is 6.07 Å². The van der Waals surface area contributed by atoms with Gasteiger partial charge >= 0.3 is 5.69 Å². The lowest BCUT2D eigenvalue weighted by Gasteiger charge is -2.24. The Kier molecular flexibility index (Phi) is 10.0. The molecule has 0 radical (unpaired) electrons. The van der Waals surface area contributed by atoms with Crippen LogP contribution in [0.5, 0.6) is 11.5 Å². The van der Waals surface area contributed by atoms with Crippen molar-refractivity contribution >= 4 is 12.0 Å². The Bertz CT molecular complexity index is 2050. The number of carbonyl (C=O) groups is 1. The molecule has 2 heterocycles. The summed E-state index contributed by atoms with van der Waals surface area (Å²) in [7, 11) is 0. The topological polar surface area (TPSA) is 154 Å². The van der Waals surface area contributed by atoms with Crippen LogP contribution in [0.25, 0.3) is 22.6 Å². The number of ether oxygens (including phenoxy) is 3. The zero-order chi connectivity index (χ0) is 34.3. The van der Waals surface area contributed by atoms with E-state index in [1.54, 1.807) is 24.3 Å². The number of benzene rings is 4. The van der Waals surface area contributed by atoms with Gasteiger partial charge in [0.05, 0.1) is 41.9 Å². The summed E-state index contributed by atoms with van der Waals surface area (Å²) in [5.74, 6) is 1.09. The molecule has 0 amide bonds. The van der Waals surface area contributed by atoms with Gasteiger partial charge < -0.3 is 18.6 Å². The molecule has 1 saturated heterocycles. The van der Waals surface area contributed by atoms with Crippen LogP contribution in [0.4, 0.5) is 5.69 Å². The predicted octanol–water partition coefficient (Wildman–Crippen LogP) is 6.60. The quantitative estimate of drug-likeness (QED) is 0.0808. The predicted molar refractivity (Wildman–Crippen MR) is 179 cm³/mol. The largest absolute Gasteiger partial charge is 0.488 e. The zero-order valence-electron chi connectivity index (χ0n) is 27.0. The van der Waals surface area contributed by atoms with Gasteiger partial charge in [-0.05, 0) is 65.4 Å². The van der Waals surface area contributed by atoms with Crippen LogP contribution in [0, 0.1) is 35.3 Å². The molecule has 49 heavy (non-hydrogen) atoms. The first-order valence-electron chi connectivity index (χ1n) is 15.7. The Hall–Kier alpha value is -5.90. The number of nitriles is 1. The van der Waals surface area contributed by atoms with Gasteiger partial charge in [-0.25, -0.2) is 0 Å². The van der Waals surface area contributed by atoms with E-state index in [0.29, 0.717) is 49.0 Å². The number of aromatic nitrogens is 2. The molecule has 4 aromatic carbocycles. The van der Waals surface area contributed by atoms with Gasteiger partial charge in [-0.15, -0.1) is 10.2 Å². The number of nitro benzene ring substituents is 1. The standard InChI is InChI=1S/C37H33N5O7/c1-24-28(23-48-35-18-34(29(21-43)17-33(35)42(44)45)47-22-27-7-3-6-26(16-27)19-38)8-4-9-30(24)31-10-5-11-32(25(31)2)37-40-39-36(49-37)20-41-12-14-46-15-13-41/h3-11,16-18,21H,12-15,20,22-23H2,1-2H3. The molecule has 6 rings (SSSR count). The van der Waals surface area contributed by atoms with Crippen molar-refractivity contribution in [3.63, 3.8) is 0 Å². The summed E-state index contributed by atoms with van der Waals surface area (Å²) in [6.07, 6.45) is 0.501. The molecule has 0 aliphatic carbocycles. The summed E-state index contributed by atoms with van der Waals surface area (Å²) in [4.78, 5) is 25.4. The van der Waals surface area contributed by atoms with Crippen molar-refractivity contribution in [2.75, 3.05) is 26.3 Å². The molecule has 1 aliphatic heterocycles. The lowest BCUT2D eigenvalue weighted by molar-refractivity contribution is -0.386. The zero-order valence-corrected chi connectivity index (χ0v) is 27.0. The molecule has 1 fully saturated rings. The molecule has 0 N–H and O–H groups in total. The second kappa shape index (κ2) is 14.9. The van der Waals surface area contributed by atoms with Crippen molar-refractivity contribution < 1.29 is 28.3 Å². The van der Waals surface area contributed by atoms with Crippen molar-refractivity contribution in [1.82, 2.24) is 15.1 Å². The maximum atomic E-state index is 12.0. The summed E-state index contributed by atoms with van der Waals surface area (Å²) in [6, 6.07) is 23.2. The number of nitrogens with zero attached hydrogens (tertiary/aromatic N) is 5. The SMILES string of the molecule is Cc1c(COc2cc(OCc3cccc(C#N)c3)c(C=O)cc2[N+](=O)[O-])cccc1-c1cccc(-c2nnc(CN3CCOCC3)o2)c1C. The Morgan fingerprint density at radius 2 is 1.63 bits per heavy atom. The normalized spacial score (nSPS) is 13.1. The van der Waals surface area contributed by atoms with Gasteiger partial charge in [0.15, 0.2) is 6.29 Å². The fourth-order valence-corrected chi connectivity index (χ4v) is 5.76. The summed E-state index contributed by atoms with van der Waals surface area (Å²) >= 11 is 0. The minimum Gasteiger partial charge on any atom is -0.488 e. The van der Waals surface area contributed by atoms with E-state index in [0.717, 1.165) is 52.5 Å². The van der Waals surface area contributed by atoms with E-state index in [-0.39, 0.29) is 36.0 Å².